The van der Waals surface area contributed by atoms with Gasteiger partial charge in [-0.15, -0.1) is 0 Å². The minimum absolute atomic E-state index is 0.0724. The van der Waals surface area contributed by atoms with Crippen molar-refractivity contribution in [1.82, 2.24) is 20.0 Å². The number of fused-ring (bicyclic) bond motifs is 1. The summed E-state index contributed by atoms with van der Waals surface area (Å²) in [6.45, 7) is 2.09. The first-order chi connectivity index (χ1) is 12.5. The van der Waals surface area contributed by atoms with Crippen molar-refractivity contribution in [3.63, 3.8) is 0 Å². The van der Waals surface area contributed by atoms with Crippen LogP contribution in [0.2, 0.25) is 0 Å². The van der Waals surface area contributed by atoms with Gasteiger partial charge in [0.1, 0.15) is 5.69 Å². The molecule has 0 atom stereocenters. The third-order valence-electron chi connectivity index (χ3n) is 3.72. The summed E-state index contributed by atoms with van der Waals surface area (Å²) in [4.78, 5) is 20.7. The molecular formula is C18H18N4O3S. The molecule has 0 aliphatic heterocycles. The molecular weight excluding hydrogens is 352 g/mol. The molecule has 8 heteroatoms. The molecule has 0 saturated heterocycles. The molecule has 1 heterocycles. The highest BCUT2D eigenvalue weighted by atomic mass is 32.2. The van der Waals surface area contributed by atoms with Crippen LogP contribution >= 0.6 is 0 Å². The van der Waals surface area contributed by atoms with E-state index >= 15 is 0 Å². The highest BCUT2D eigenvalue weighted by Gasteiger charge is 2.13. The summed E-state index contributed by atoms with van der Waals surface area (Å²) in [5.41, 5.74) is 2.49. The number of aromatic nitrogens is 2. The zero-order chi connectivity index (χ0) is 18.6. The predicted molar refractivity (Wildman–Crippen MR) is 98.2 cm³/mol. The lowest BCUT2D eigenvalue weighted by atomic mass is 10.2. The summed E-state index contributed by atoms with van der Waals surface area (Å²) in [6, 6.07) is 13.8. The van der Waals surface area contributed by atoms with E-state index in [4.69, 9.17) is 0 Å². The van der Waals surface area contributed by atoms with Crippen LogP contribution in [-0.4, -0.2) is 37.4 Å². The largest absolute Gasteiger partial charge is 0.349 e. The van der Waals surface area contributed by atoms with Crippen LogP contribution in [0.1, 0.15) is 16.1 Å². The number of benzene rings is 2. The quantitative estimate of drug-likeness (QED) is 0.643. The number of carbonyl (C=O) groups is 1. The van der Waals surface area contributed by atoms with Crippen molar-refractivity contribution in [2.75, 3.05) is 13.1 Å². The van der Waals surface area contributed by atoms with Gasteiger partial charge in [-0.05, 0) is 31.2 Å². The Labute approximate surface area is 151 Å². The van der Waals surface area contributed by atoms with Gasteiger partial charge in [0.05, 0.1) is 22.1 Å². The van der Waals surface area contributed by atoms with Gasteiger partial charge >= 0.3 is 0 Å². The van der Waals surface area contributed by atoms with Crippen LogP contribution < -0.4 is 10.0 Å². The van der Waals surface area contributed by atoms with Gasteiger partial charge in [0.2, 0.25) is 10.0 Å². The van der Waals surface area contributed by atoms with Gasteiger partial charge in [-0.2, -0.15) is 0 Å². The van der Waals surface area contributed by atoms with Gasteiger partial charge in [-0.1, -0.05) is 29.8 Å². The molecule has 3 aromatic rings. The Morgan fingerprint density at radius 3 is 2.42 bits per heavy atom. The highest BCUT2D eigenvalue weighted by Crippen LogP contribution is 2.10. The van der Waals surface area contributed by atoms with Crippen LogP contribution in [0.5, 0.6) is 0 Å². The minimum Gasteiger partial charge on any atom is -0.349 e. The number of nitrogens with zero attached hydrogens (tertiary/aromatic N) is 2. The Hall–Kier alpha value is -2.84. The first-order valence-electron chi connectivity index (χ1n) is 8.02. The van der Waals surface area contributed by atoms with E-state index in [9.17, 15) is 13.2 Å². The highest BCUT2D eigenvalue weighted by molar-refractivity contribution is 7.89. The molecule has 0 saturated carbocycles. The van der Waals surface area contributed by atoms with E-state index in [-0.39, 0.29) is 23.7 Å². The number of sulfonamides is 1. The van der Waals surface area contributed by atoms with Gasteiger partial charge < -0.3 is 5.32 Å². The Morgan fingerprint density at radius 1 is 1.00 bits per heavy atom. The van der Waals surface area contributed by atoms with E-state index in [1.807, 2.05) is 25.1 Å². The lowest BCUT2D eigenvalue weighted by Gasteiger charge is -2.08. The number of amides is 1. The number of aryl methyl sites for hydroxylation is 1. The molecule has 26 heavy (non-hydrogen) atoms. The standard InChI is InChI=1S/C18H18N4O3S/c1-13-6-8-14(9-7-13)26(24,25)21-11-10-19-18(23)17-12-20-15-4-2-3-5-16(15)22-17/h2-9,12,21H,10-11H2,1H3,(H,19,23). The first kappa shape index (κ1) is 18.0. The number of rotatable bonds is 6. The van der Waals surface area contributed by atoms with Gasteiger partial charge in [-0.25, -0.2) is 18.1 Å². The average Bonchev–Trinajstić information content (AvgIpc) is 2.65. The van der Waals surface area contributed by atoms with Gasteiger partial charge in [0, 0.05) is 13.1 Å². The van der Waals surface area contributed by atoms with Crippen LogP contribution in [0, 0.1) is 6.92 Å². The molecule has 0 unspecified atom stereocenters. The second-order valence-corrected chi connectivity index (χ2v) is 7.48. The predicted octanol–water partition coefficient (Wildman–Crippen LogP) is 1.65. The summed E-state index contributed by atoms with van der Waals surface area (Å²) in [5.74, 6) is -0.405. The molecule has 0 fully saturated rings. The summed E-state index contributed by atoms with van der Waals surface area (Å²) in [5, 5.41) is 2.63. The van der Waals surface area contributed by atoms with Crippen molar-refractivity contribution >= 4 is 27.0 Å². The van der Waals surface area contributed by atoms with Crippen molar-refractivity contribution in [1.29, 1.82) is 0 Å². The molecule has 1 aromatic heterocycles. The van der Waals surface area contributed by atoms with E-state index in [2.05, 4.69) is 20.0 Å². The lowest BCUT2D eigenvalue weighted by Crippen LogP contribution is -2.35. The summed E-state index contributed by atoms with van der Waals surface area (Å²) >= 11 is 0. The van der Waals surface area contributed by atoms with E-state index in [0.717, 1.165) is 5.56 Å². The van der Waals surface area contributed by atoms with E-state index < -0.39 is 15.9 Å². The third kappa shape index (κ3) is 4.22. The maximum absolute atomic E-state index is 12.2. The van der Waals surface area contributed by atoms with Gasteiger partial charge in [0.15, 0.2) is 0 Å². The molecule has 1 amide bonds. The summed E-state index contributed by atoms with van der Waals surface area (Å²) in [7, 11) is -3.60. The number of hydrogen-bond acceptors (Lipinski definition) is 5. The van der Waals surface area contributed by atoms with E-state index in [1.54, 1.807) is 30.3 Å². The number of hydrogen-bond donors (Lipinski definition) is 2. The molecule has 3 rings (SSSR count). The summed E-state index contributed by atoms with van der Waals surface area (Å²) < 4.78 is 26.8. The van der Waals surface area contributed by atoms with Crippen LogP contribution in [0.4, 0.5) is 0 Å². The second kappa shape index (κ2) is 7.59. The van der Waals surface area contributed by atoms with Crippen LogP contribution in [0.25, 0.3) is 11.0 Å². The van der Waals surface area contributed by atoms with Crippen molar-refractivity contribution in [2.45, 2.75) is 11.8 Å². The molecule has 0 radical (unpaired) electrons. The molecule has 0 spiro atoms. The van der Waals surface area contributed by atoms with Crippen LogP contribution in [-0.2, 0) is 10.0 Å². The number of nitrogens with one attached hydrogen (secondary N) is 2. The fourth-order valence-electron chi connectivity index (χ4n) is 2.32. The number of carbonyl (C=O) groups excluding carboxylic acids is 1. The van der Waals surface area contributed by atoms with Crippen molar-refractivity contribution in [3.05, 3.63) is 66.0 Å². The zero-order valence-electron chi connectivity index (χ0n) is 14.1. The van der Waals surface area contributed by atoms with E-state index in [0.29, 0.717) is 11.0 Å². The number of para-hydroxylation sites is 2. The molecule has 134 valence electrons. The molecule has 2 N–H and O–H groups in total. The fourth-order valence-corrected chi connectivity index (χ4v) is 3.35. The third-order valence-corrected chi connectivity index (χ3v) is 5.19. The topological polar surface area (TPSA) is 101 Å². The maximum atomic E-state index is 12.2. The fraction of sp³-hybridized carbons (Fsp3) is 0.167. The average molecular weight is 370 g/mol. The molecule has 0 aliphatic rings. The normalized spacial score (nSPS) is 11.4. The molecule has 0 bridgehead atoms. The lowest BCUT2D eigenvalue weighted by molar-refractivity contribution is 0.0949. The smallest absolute Gasteiger partial charge is 0.271 e. The second-order valence-electron chi connectivity index (χ2n) is 5.71. The maximum Gasteiger partial charge on any atom is 0.271 e. The zero-order valence-corrected chi connectivity index (χ0v) is 15.0. The Balaban J connectivity index is 1.55. The van der Waals surface area contributed by atoms with Crippen LogP contribution in [0.3, 0.4) is 0 Å². The van der Waals surface area contributed by atoms with Crippen molar-refractivity contribution in [2.24, 2.45) is 0 Å². The minimum atomic E-state index is -3.60. The first-order valence-corrected chi connectivity index (χ1v) is 9.50. The van der Waals surface area contributed by atoms with E-state index in [1.165, 1.54) is 6.20 Å². The Kier molecular flexibility index (Phi) is 5.24. The Morgan fingerprint density at radius 2 is 1.69 bits per heavy atom. The molecule has 7 nitrogen and oxygen atoms in total. The van der Waals surface area contributed by atoms with Crippen molar-refractivity contribution in [3.8, 4) is 0 Å². The van der Waals surface area contributed by atoms with Crippen LogP contribution in [0.15, 0.2) is 59.6 Å². The summed E-state index contributed by atoms with van der Waals surface area (Å²) in [6.07, 6.45) is 1.40. The Bertz CT molecular complexity index is 1030. The monoisotopic (exact) mass is 370 g/mol. The van der Waals surface area contributed by atoms with Crippen molar-refractivity contribution < 1.29 is 13.2 Å². The molecule has 0 aliphatic carbocycles. The molecule has 2 aromatic carbocycles. The van der Waals surface area contributed by atoms with Gasteiger partial charge in [-0.3, -0.25) is 9.78 Å². The van der Waals surface area contributed by atoms with Gasteiger partial charge in [0.25, 0.3) is 5.91 Å². The SMILES string of the molecule is Cc1ccc(S(=O)(=O)NCCNC(=O)c2cnc3ccccc3n2)cc1.